The molecule has 0 aliphatic rings. The van der Waals surface area contributed by atoms with E-state index < -0.39 is 0 Å². The third-order valence-corrected chi connectivity index (χ3v) is 3.29. The summed E-state index contributed by atoms with van der Waals surface area (Å²) in [4.78, 5) is 0. The van der Waals surface area contributed by atoms with Gasteiger partial charge in [-0.3, -0.25) is 4.68 Å². The lowest BCUT2D eigenvalue weighted by Gasteiger charge is -2.26. The van der Waals surface area contributed by atoms with Crippen molar-refractivity contribution < 1.29 is 4.74 Å². The number of hydrogen-bond acceptors (Lipinski definition) is 3. The lowest BCUT2D eigenvalue weighted by Crippen LogP contribution is -2.37. The smallest absolute Gasteiger partial charge is 0.160 e. The third-order valence-electron chi connectivity index (χ3n) is 3.29. The van der Waals surface area contributed by atoms with Gasteiger partial charge >= 0.3 is 0 Å². The molecule has 1 aromatic heterocycles. The highest BCUT2D eigenvalue weighted by Crippen LogP contribution is 2.30. The maximum atomic E-state index is 5.44. The van der Waals surface area contributed by atoms with Crippen LogP contribution in [0.2, 0.25) is 0 Å². The van der Waals surface area contributed by atoms with Gasteiger partial charge in [0.1, 0.15) is 0 Å². The molecule has 0 bridgehead atoms. The summed E-state index contributed by atoms with van der Waals surface area (Å²) in [5.74, 6) is 1.24. The highest BCUT2D eigenvalue weighted by molar-refractivity contribution is 5.29. The van der Waals surface area contributed by atoms with Gasteiger partial charge in [0.25, 0.3) is 0 Å². The third kappa shape index (κ3) is 3.25. The molecule has 0 aliphatic heterocycles. The predicted molar refractivity (Wildman–Crippen MR) is 75.3 cm³/mol. The minimum absolute atomic E-state index is 0.345. The first kappa shape index (κ1) is 15.0. The number of hydrogen-bond donors (Lipinski definition) is 1. The Balaban J connectivity index is 3.02. The van der Waals surface area contributed by atoms with Crippen LogP contribution in [0.1, 0.15) is 59.2 Å². The standard InChI is InChI=1S/C14H27N3O/c1-9(2)16-12(6)11(5)14-13(18-7)8-15-17(14)10(3)4/h8-12,16H,1-7H3. The molecule has 4 nitrogen and oxygen atoms in total. The fraction of sp³-hybridized carbons (Fsp3) is 0.786. The first-order valence-electron chi connectivity index (χ1n) is 6.75. The number of nitrogens with one attached hydrogen (secondary N) is 1. The lowest BCUT2D eigenvalue weighted by atomic mass is 9.98. The van der Waals surface area contributed by atoms with Crippen LogP contribution in [0.5, 0.6) is 5.75 Å². The number of methoxy groups -OCH3 is 1. The summed E-state index contributed by atoms with van der Waals surface area (Å²) in [5, 5.41) is 7.98. The van der Waals surface area contributed by atoms with Gasteiger partial charge in [0.2, 0.25) is 0 Å². The predicted octanol–water partition coefficient (Wildman–Crippen LogP) is 2.96. The van der Waals surface area contributed by atoms with E-state index in [0.29, 0.717) is 24.0 Å². The summed E-state index contributed by atoms with van der Waals surface area (Å²) in [7, 11) is 1.71. The molecule has 2 atom stereocenters. The summed E-state index contributed by atoms with van der Waals surface area (Å²) in [6.07, 6.45) is 1.81. The van der Waals surface area contributed by atoms with Crippen molar-refractivity contribution >= 4 is 0 Å². The van der Waals surface area contributed by atoms with Crippen LogP contribution in [-0.4, -0.2) is 29.0 Å². The second-order valence-electron chi connectivity index (χ2n) is 5.54. The Hall–Kier alpha value is -1.03. The average molecular weight is 253 g/mol. The van der Waals surface area contributed by atoms with Crippen molar-refractivity contribution in [3.63, 3.8) is 0 Å². The maximum Gasteiger partial charge on any atom is 0.160 e. The van der Waals surface area contributed by atoms with Gasteiger partial charge in [0.15, 0.2) is 5.75 Å². The van der Waals surface area contributed by atoms with Gasteiger partial charge in [-0.2, -0.15) is 5.10 Å². The van der Waals surface area contributed by atoms with Crippen molar-refractivity contribution in [2.24, 2.45) is 0 Å². The monoisotopic (exact) mass is 253 g/mol. The highest BCUT2D eigenvalue weighted by atomic mass is 16.5. The van der Waals surface area contributed by atoms with Crippen LogP contribution in [-0.2, 0) is 0 Å². The first-order valence-corrected chi connectivity index (χ1v) is 6.75. The van der Waals surface area contributed by atoms with Crippen molar-refractivity contribution in [3.8, 4) is 5.75 Å². The summed E-state index contributed by atoms with van der Waals surface area (Å²) >= 11 is 0. The van der Waals surface area contributed by atoms with Gasteiger partial charge in [-0.15, -0.1) is 0 Å². The molecule has 0 aliphatic carbocycles. The largest absolute Gasteiger partial charge is 0.493 e. The zero-order chi connectivity index (χ0) is 13.9. The molecular formula is C14H27N3O. The zero-order valence-electron chi connectivity index (χ0n) is 12.7. The molecule has 18 heavy (non-hydrogen) atoms. The van der Waals surface area contributed by atoms with Crippen LogP contribution in [0.25, 0.3) is 0 Å². The highest BCUT2D eigenvalue weighted by Gasteiger charge is 2.24. The second-order valence-corrected chi connectivity index (χ2v) is 5.54. The molecule has 1 N–H and O–H groups in total. The van der Waals surface area contributed by atoms with E-state index in [4.69, 9.17) is 4.74 Å². The van der Waals surface area contributed by atoms with Gasteiger partial charge in [-0.25, -0.2) is 0 Å². The van der Waals surface area contributed by atoms with E-state index in [0.717, 1.165) is 5.75 Å². The Morgan fingerprint density at radius 2 is 1.78 bits per heavy atom. The average Bonchev–Trinajstić information content (AvgIpc) is 2.70. The number of aromatic nitrogens is 2. The minimum Gasteiger partial charge on any atom is -0.493 e. The van der Waals surface area contributed by atoms with E-state index in [1.165, 1.54) is 5.69 Å². The Bertz CT molecular complexity index is 371. The summed E-state index contributed by atoms with van der Waals surface area (Å²) in [5.41, 5.74) is 1.17. The molecule has 0 aromatic carbocycles. The van der Waals surface area contributed by atoms with Crippen molar-refractivity contribution in [1.82, 2.24) is 15.1 Å². The van der Waals surface area contributed by atoms with E-state index in [1.807, 2.05) is 6.20 Å². The van der Waals surface area contributed by atoms with E-state index in [9.17, 15) is 0 Å². The molecule has 0 spiro atoms. The summed E-state index contributed by atoms with van der Waals surface area (Å²) in [6, 6.07) is 1.20. The second kappa shape index (κ2) is 6.23. The van der Waals surface area contributed by atoms with E-state index in [2.05, 4.69) is 56.6 Å². The van der Waals surface area contributed by atoms with E-state index in [1.54, 1.807) is 7.11 Å². The van der Waals surface area contributed by atoms with Crippen LogP contribution in [0, 0.1) is 0 Å². The van der Waals surface area contributed by atoms with Gasteiger partial charge in [-0.1, -0.05) is 20.8 Å². The van der Waals surface area contributed by atoms with E-state index >= 15 is 0 Å². The summed E-state index contributed by atoms with van der Waals surface area (Å²) < 4.78 is 7.50. The molecule has 1 aromatic rings. The number of ether oxygens (including phenoxy) is 1. The van der Waals surface area contributed by atoms with Crippen molar-refractivity contribution in [2.45, 2.75) is 65.6 Å². The van der Waals surface area contributed by atoms with Gasteiger partial charge in [0.05, 0.1) is 19.0 Å². The molecule has 0 saturated carbocycles. The Labute approximate surface area is 111 Å². The molecule has 0 fully saturated rings. The van der Waals surface area contributed by atoms with Crippen molar-refractivity contribution in [3.05, 3.63) is 11.9 Å². The van der Waals surface area contributed by atoms with E-state index in [-0.39, 0.29) is 0 Å². The van der Waals surface area contributed by atoms with Crippen molar-refractivity contribution in [1.29, 1.82) is 0 Å². The molecule has 0 radical (unpaired) electrons. The number of rotatable bonds is 6. The molecule has 0 saturated heterocycles. The van der Waals surface area contributed by atoms with Crippen LogP contribution in [0.3, 0.4) is 0 Å². The summed E-state index contributed by atoms with van der Waals surface area (Å²) in [6.45, 7) is 13.0. The fourth-order valence-corrected chi connectivity index (χ4v) is 2.26. The van der Waals surface area contributed by atoms with Crippen LogP contribution >= 0.6 is 0 Å². The van der Waals surface area contributed by atoms with Gasteiger partial charge in [0, 0.05) is 24.0 Å². The Morgan fingerprint density at radius 3 is 2.22 bits per heavy atom. The normalized spacial score (nSPS) is 15.2. The molecule has 2 unspecified atom stereocenters. The topological polar surface area (TPSA) is 39.1 Å². The molecule has 1 rings (SSSR count). The Kier molecular flexibility index (Phi) is 5.20. The van der Waals surface area contributed by atoms with Crippen LogP contribution in [0.4, 0.5) is 0 Å². The number of nitrogens with zero attached hydrogens (tertiary/aromatic N) is 2. The quantitative estimate of drug-likeness (QED) is 0.847. The van der Waals surface area contributed by atoms with Gasteiger partial charge in [-0.05, 0) is 20.8 Å². The SMILES string of the molecule is COc1cnn(C(C)C)c1C(C)C(C)NC(C)C. The van der Waals surface area contributed by atoms with Crippen molar-refractivity contribution in [2.75, 3.05) is 7.11 Å². The molecule has 1 heterocycles. The molecule has 4 heteroatoms. The molecular weight excluding hydrogens is 226 g/mol. The molecule has 104 valence electrons. The lowest BCUT2D eigenvalue weighted by molar-refractivity contribution is 0.372. The van der Waals surface area contributed by atoms with Crippen LogP contribution < -0.4 is 10.1 Å². The maximum absolute atomic E-state index is 5.44. The van der Waals surface area contributed by atoms with Gasteiger partial charge < -0.3 is 10.1 Å². The zero-order valence-corrected chi connectivity index (χ0v) is 12.7. The molecule has 0 amide bonds. The first-order chi connectivity index (χ1) is 8.38. The van der Waals surface area contributed by atoms with Crippen LogP contribution in [0.15, 0.2) is 6.20 Å². The fourth-order valence-electron chi connectivity index (χ4n) is 2.26. The minimum atomic E-state index is 0.345. The Morgan fingerprint density at radius 1 is 1.17 bits per heavy atom.